The molecule has 1 aromatic carbocycles. The lowest BCUT2D eigenvalue weighted by atomic mass is 10.1. The SMILES string of the molecule is COc1c(C(N)CO)cc(F)cc1S(C)(=O)=O. The van der Waals surface area contributed by atoms with Gasteiger partial charge in [-0.25, -0.2) is 12.8 Å². The maximum absolute atomic E-state index is 13.3. The van der Waals surface area contributed by atoms with E-state index in [1.54, 1.807) is 0 Å². The van der Waals surface area contributed by atoms with Gasteiger partial charge in [0.05, 0.1) is 19.8 Å². The Hall–Kier alpha value is -1.18. The molecule has 1 rings (SSSR count). The summed E-state index contributed by atoms with van der Waals surface area (Å²) in [5.74, 6) is -0.777. The van der Waals surface area contributed by atoms with E-state index in [1.165, 1.54) is 7.11 Å². The first-order valence-electron chi connectivity index (χ1n) is 4.75. The summed E-state index contributed by atoms with van der Waals surface area (Å²) in [6.45, 7) is -0.441. The number of aliphatic hydroxyl groups excluding tert-OH is 1. The molecule has 0 radical (unpaired) electrons. The van der Waals surface area contributed by atoms with Gasteiger partial charge in [-0.05, 0) is 12.1 Å². The quantitative estimate of drug-likeness (QED) is 0.811. The van der Waals surface area contributed by atoms with Crippen LogP contribution < -0.4 is 10.5 Å². The van der Waals surface area contributed by atoms with E-state index in [0.717, 1.165) is 18.4 Å². The third-order valence-electron chi connectivity index (χ3n) is 2.25. The number of rotatable bonds is 4. The fourth-order valence-electron chi connectivity index (χ4n) is 1.46. The van der Waals surface area contributed by atoms with Crippen LogP contribution in [0, 0.1) is 5.82 Å². The summed E-state index contributed by atoms with van der Waals surface area (Å²) >= 11 is 0. The largest absolute Gasteiger partial charge is 0.495 e. The van der Waals surface area contributed by atoms with Crippen LogP contribution in [-0.2, 0) is 9.84 Å². The molecule has 7 heteroatoms. The summed E-state index contributed by atoms with van der Waals surface area (Å²) in [6, 6.07) is 1.01. The van der Waals surface area contributed by atoms with Crippen molar-refractivity contribution in [2.24, 2.45) is 5.73 Å². The molecule has 1 aromatic rings. The Morgan fingerprint density at radius 1 is 1.53 bits per heavy atom. The second kappa shape index (κ2) is 4.99. The number of sulfone groups is 1. The Morgan fingerprint density at radius 3 is 2.53 bits per heavy atom. The number of ether oxygens (including phenoxy) is 1. The minimum atomic E-state index is -3.63. The van der Waals surface area contributed by atoms with Crippen LogP contribution in [0.4, 0.5) is 4.39 Å². The number of hydrogen-bond donors (Lipinski definition) is 2. The van der Waals surface area contributed by atoms with Crippen LogP contribution in [-0.4, -0.2) is 33.5 Å². The molecule has 0 bridgehead atoms. The summed E-state index contributed by atoms with van der Waals surface area (Å²) in [4.78, 5) is -0.279. The first kappa shape index (κ1) is 13.9. The highest BCUT2D eigenvalue weighted by molar-refractivity contribution is 7.90. The monoisotopic (exact) mass is 263 g/mol. The van der Waals surface area contributed by atoms with Gasteiger partial charge in [-0.1, -0.05) is 0 Å². The molecule has 0 aliphatic rings. The van der Waals surface area contributed by atoms with Crippen molar-refractivity contribution in [2.45, 2.75) is 10.9 Å². The number of halogens is 1. The van der Waals surface area contributed by atoms with Crippen LogP contribution >= 0.6 is 0 Å². The molecule has 1 atom stereocenters. The second-order valence-corrected chi connectivity index (χ2v) is 5.57. The molecule has 0 fully saturated rings. The third kappa shape index (κ3) is 2.93. The van der Waals surface area contributed by atoms with Gasteiger partial charge in [-0.2, -0.15) is 0 Å². The summed E-state index contributed by atoms with van der Waals surface area (Å²) in [5.41, 5.74) is 5.68. The van der Waals surface area contributed by atoms with Crippen LogP contribution in [0.1, 0.15) is 11.6 Å². The maximum atomic E-state index is 13.3. The van der Waals surface area contributed by atoms with Gasteiger partial charge in [0.2, 0.25) is 0 Å². The van der Waals surface area contributed by atoms with E-state index < -0.39 is 28.3 Å². The summed E-state index contributed by atoms with van der Waals surface area (Å²) in [7, 11) is -2.38. The lowest BCUT2D eigenvalue weighted by Crippen LogP contribution is -2.17. The first-order valence-corrected chi connectivity index (χ1v) is 6.64. The molecule has 0 spiro atoms. The van der Waals surface area contributed by atoms with E-state index in [2.05, 4.69) is 0 Å². The highest BCUT2D eigenvalue weighted by atomic mass is 32.2. The third-order valence-corrected chi connectivity index (χ3v) is 3.35. The Kier molecular flexibility index (Phi) is 4.07. The summed E-state index contributed by atoms with van der Waals surface area (Å²) in [6.07, 6.45) is 0.943. The minimum absolute atomic E-state index is 0.0320. The lowest BCUT2D eigenvalue weighted by molar-refractivity contribution is 0.263. The molecule has 0 saturated heterocycles. The van der Waals surface area contributed by atoms with Crippen molar-refractivity contribution < 1.29 is 22.7 Å². The predicted octanol–water partition coefficient (Wildman–Crippen LogP) is 0.230. The molecular weight excluding hydrogens is 249 g/mol. The van der Waals surface area contributed by atoms with E-state index in [4.69, 9.17) is 15.6 Å². The lowest BCUT2D eigenvalue weighted by Gasteiger charge is -2.16. The van der Waals surface area contributed by atoms with Gasteiger partial charge in [-0.15, -0.1) is 0 Å². The van der Waals surface area contributed by atoms with Crippen molar-refractivity contribution in [1.82, 2.24) is 0 Å². The van der Waals surface area contributed by atoms with E-state index in [0.29, 0.717) is 0 Å². The maximum Gasteiger partial charge on any atom is 0.179 e. The smallest absolute Gasteiger partial charge is 0.179 e. The Bertz CT molecular complexity index is 515. The predicted molar refractivity (Wildman–Crippen MR) is 60.1 cm³/mol. The molecule has 5 nitrogen and oxygen atoms in total. The van der Waals surface area contributed by atoms with Gasteiger partial charge >= 0.3 is 0 Å². The molecule has 0 aliphatic heterocycles. The van der Waals surface area contributed by atoms with Crippen LogP contribution in [0.3, 0.4) is 0 Å². The van der Waals surface area contributed by atoms with Crippen molar-refractivity contribution in [1.29, 1.82) is 0 Å². The zero-order valence-electron chi connectivity index (χ0n) is 9.47. The first-order chi connectivity index (χ1) is 7.81. The van der Waals surface area contributed by atoms with Crippen LogP contribution in [0.5, 0.6) is 5.75 Å². The molecule has 0 heterocycles. The van der Waals surface area contributed by atoms with Crippen molar-refractivity contribution in [3.05, 3.63) is 23.5 Å². The standard InChI is InChI=1S/C10H14FNO4S/c1-16-10-7(8(12)5-13)3-6(11)4-9(10)17(2,14)15/h3-4,8,13H,5,12H2,1-2H3. The average Bonchev–Trinajstić information content (AvgIpc) is 2.25. The Balaban J connectivity index is 3.57. The van der Waals surface area contributed by atoms with Crippen LogP contribution in [0.15, 0.2) is 17.0 Å². The summed E-state index contributed by atoms with van der Waals surface area (Å²) in [5, 5.41) is 8.94. The zero-order chi connectivity index (χ0) is 13.2. The Labute approximate surface area is 98.9 Å². The molecule has 0 aromatic heterocycles. The van der Waals surface area contributed by atoms with Gasteiger partial charge in [0.15, 0.2) is 9.84 Å². The van der Waals surface area contributed by atoms with Crippen molar-refractivity contribution in [2.75, 3.05) is 20.0 Å². The van der Waals surface area contributed by atoms with Crippen LogP contribution in [0.25, 0.3) is 0 Å². The molecule has 0 amide bonds. The molecule has 96 valence electrons. The van der Waals surface area contributed by atoms with Crippen molar-refractivity contribution in [3.63, 3.8) is 0 Å². The fraction of sp³-hybridized carbons (Fsp3) is 0.400. The molecule has 1 unspecified atom stereocenters. The fourth-order valence-corrected chi connectivity index (χ4v) is 2.32. The Morgan fingerprint density at radius 2 is 2.12 bits per heavy atom. The molecule has 17 heavy (non-hydrogen) atoms. The van der Waals surface area contributed by atoms with Crippen molar-refractivity contribution >= 4 is 9.84 Å². The molecule has 0 aliphatic carbocycles. The van der Waals surface area contributed by atoms with Gasteiger partial charge in [0.25, 0.3) is 0 Å². The van der Waals surface area contributed by atoms with Gasteiger partial charge < -0.3 is 15.6 Å². The summed E-state index contributed by atoms with van der Waals surface area (Å²) < 4.78 is 41.2. The highest BCUT2D eigenvalue weighted by Gasteiger charge is 2.22. The molecule has 0 saturated carbocycles. The normalized spacial score (nSPS) is 13.5. The molecular formula is C10H14FNO4S. The van der Waals surface area contributed by atoms with Crippen LogP contribution in [0.2, 0.25) is 0 Å². The number of nitrogens with two attached hydrogens (primary N) is 1. The number of hydrogen-bond acceptors (Lipinski definition) is 5. The van der Waals surface area contributed by atoms with E-state index in [1.807, 2.05) is 0 Å². The van der Waals surface area contributed by atoms with Crippen molar-refractivity contribution in [3.8, 4) is 5.75 Å². The second-order valence-electron chi connectivity index (χ2n) is 3.59. The highest BCUT2D eigenvalue weighted by Crippen LogP contribution is 2.32. The van der Waals surface area contributed by atoms with E-state index in [-0.39, 0.29) is 16.2 Å². The van der Waals surface area contributed by atoms with E-state index in [9.17, 15) is 12.8 Å². The van der Waals surface area contributed by atoms with E-state index >= 15 is 0 Å². The topological polar surface area (TPSA) is 89.6 Å². The van der Waals surface area contributed by atoms with Gasteiger partial charge in [-0.3, -0.25) is 0 Å². The number of methoxy groups -OCH3 is 1. The van der Waals surface area contributed by atoms with Gasteiger partial charge in [0.1, 0.15) is 16.5 Å². The number of aliphatic hydroxyl groups is 1. The number of benzene rings is 1. The minimum Gasteiger partial charge on any atom is -0.495 e. The zero-order valence-corrected chi connectivity index (χ0v) is 10.3. The van der Waals surface area contributed by atoms with Gasteiger partial charge in [0, 0.05) is 11.8 Å². The average molecular weight is 263 g/mol. The molecule has 3 N–H and O–H groups in total.